The van der Waals surface area contributed by atoms with Crippen molar-refractivity contribution >= 4 is 16.7 Å². The number of hydrogen-bond acceptors (Lipinski definition) is 6. The maximum atomic E-state index is 5.84. The molecule has 0 aliphatic carbocycles. The summed E-state index contributed by atoms with van der Waals surface area (Å²) in [6, 6.07) is 0. The fourth-order valence-electron chi connectivity index (χ4n) is 3.89. The second-order valence-corrected chi connectivity index (χ2v) is 9.62. The number of rotatable bonds is 4. The molecule has 2 aliphatic heterocycles. The van der Waals surface area contributed by atoms with Crippen LogP contribution < -0.4 is 4.90 Å². The molecule has 1 aromatic heterocycles. The maximum Gasteiger partial charge on any atom is 0.205 e. The highest BCUT2D eigenvalue weighted by Gasteiger charge is 2.26. The lowest BCUT2D eigenvalue weighted by Gasteiger charge is -2.37. The molecular formula is C19H34N4OS. The van der Waals surface area contributed by atoms with E-state index >= 15 is 0 Å². The Hall–Kier alpha value is -0.720. The van der Waals surface area contributed by atoms with Gasteiger partial charge in [-0.15, -0.1) is 0 Å². The van der Waals surface area contributed by atoms with Crippen LogP contribution in [0.3, 0.4) is 0 Å². The molecule has 2 fully saturated rings. The van der Waals surface area contributed by atoms with Gasteiger partial charge in [0, 0.05) is 43.1 Å². The van der Waals surface area contributed by atoms with E-state index in [2.05, 4.69) is 48.8 Å². The number of piperidine rings is 1. The number of anilines is 1. The summed E-state index contributed by atoms with van der Waals surface area (Å²) in [5.74, 6) is 1.82. The van der Waals surface area contributed by atoms with Crippen LogP contribution in [0, 0.1) is 5.92 Å². The molecule has 0 saturated carbocycles. The first kappa shape index (κ1) is 19.1. The Kier molecular flexibility index (Phi) is 6.01. The van der Waals surface area contributed by atoms with Gasteiger partial charge >= 0.3 is 0 Å². The molecule has 0 bridgehead atoms. The first-order valence-electron chi connectivity index (χ1n) is 9.78. The first-order valence-corrected chi connectivity index (χ1v) is 10.6. The highest BCUT2D eigenvalue weighted by Crippen LogP contribution is 2.29. The summed E-state index contributed by atoms with van der Waals surface area (Å²) < 4.78 is 10.4. The summed E-state index contributed by atoms with van der Waals surface area (Å²) in [5, 5.41) is 1.11. The van der Waals surface area contributed by atoms with Crippen LogP contribution in [-0.2, 0) is 10.2 Å². The van der Waals surface area contributed by atoms with Crippen LogP contribution in [-0.4, -0.2) is 59.2 Å². The van der Waals surface area contributed by atoms with Gasteiger partial charge in [-0.25, -0.2) is 4.98 Å². The van der Waals surface area contributed by atoms with E-state index in [9.17, 15) is 0 Å². The van der Waals surface area contributed by atoms with Crippen LogP contribution in [0.1, 0.15) is 59.7 Å². The fourth-order valence-corrected chi connectivity index (χ4v) is 4.80. The quantitative estimate of drug-likeness (QED) is 0.815. The maximum absolute atomic E-state index is 5.84. The standard InChI is InChI=1S/C19H34N4OS/c1-14-12-22(13-15(2)24-14)9-6-16-7-10-23(11-8-16)18-20-17(21-25-18)19(3,4)5/h14-16H,6-13H2,1-5H3. The molecule has 25 heavy (non-hydrogen) atoms. The van der Waals surface area contributed by atoms with Gasteiger partial charge in [0.05, 0.1) is 12.2 Å². The fraction of sp³-hybridized carbons (Fsp3) is 0.895. The molecule has 3 heterocycles. The molecule has 5 nitrogen and oxygen atoms in total. The van der Waals surface area contributed by atoms with E-state index in [1.165, 1.54) is 25.8 Å². The Morgan fingerprint density at radius 2 is 1.76 bits per heavy atom. The molecule has 142 valence electrons. The van der Waals surface area contributed by atoms with Crippen molar-refractivity contribution in [1.82, 2.24) is 14.3 Å². The van der Waals surface area contributed by atoms with E-state index in [1.54, 1.807) is 11.5 Å². The van der Waals surface area contributed by atoms with Gasteiger partial charge in [-0.3, -0.25) is 4.90 Å². The second kappa shape index (κ2) is 7.89. The third-order valence-corrected chi connectivity index (χ3v) is 6.10. The summed E-state index contributed by atoms with van der Waals surface area (Å²) in [6.07, 6.45) is 4.62. The number of aromatic nitrogens is 2. The van der Waals surface area contributed by atoms with Crippen LogP contribution in [0.2, 0.25) is 0 Å². The van der Waals surface area contributed by atoms with E-state index in [-0.39, 0.29) is 5.41 Å². The molecule has 2 saturated heterocycles. The Bertz CT molecular complexity index is 538. The van der Waals surface area contributed by atoms with Crippen LogP contribution in [0.5, 0.6) is 0 Å². The van der Waals surface area contributed by atoms with E-state index in [0.29, 0.717) is 12.2 Å². The molecule has 0 spiro atoms. The zero-order valence-corrected chi connectivity index (χ0v) is 17.3. The van der Waals surface area contributed by atoms with Gasteiger partial charge < -0.3 is 9.64 Å². The average molecular weight is 367 g/mol. The molecule has 2 atom stereocenters. The van der Waals surface area contributed by atoms with Gasteiger partial charge in [-0.05, 0) is 45.6 Å². The van der Waals surface area contributed by atoms with Gasteiger partial charge in [0.25, 0.3) is 0 Å². The topological polar surface area (TPSA) is 41.5 Å². The molecule has 0 N–H and O–H groups in total. The van der Waals surface area contributed by atoms with Crippen LogP contribution in [0.25, 0.3) is 0 Å². The van der Waals surface area contributed by atoms with Gasteiger partial charge in [0.1, 0.15) is 5.82 Å². The number of hydrogen-bond donors (Lipinski definition) is 0. The van der Waals surface area contributed by atoms with E-state index in [0.717, 1.165) is 43.1 Å². The third-order valence-electron chi connectivity index (χ3n) is 5.32. The summed E-state index contributed by atoms with van der Waals surface area (Å²) in [7, 11) is 0. The lowest BCUT2D eigenvalue weighted by molar-refractivity contribution is -0.0690. The Balaban J connectivity index is 1.43. The van der Waals surface area contributed by atoms with Gasteiger partial charge in [-0.2, -0.15) is 4.37 Å². The molecule has 2 aliphatic rings. The highest BCUT2D eigenvalue weighted by molar-refractivity contribution is 7.09. The molecule has 6 heteroatoms. The summed E-state index contributed by atoms with van der Waals surface area (Å²) >= 11 is 1.56. The zero-order chi connectivity index (χ0) is 18.0. The van der Waals surface area contributed by atoms with Gasteiger partial charge in [0.15, 0.2) is 0 Å². The molecule has 2 unspecified atom stereocenters. The predicted molar refractivity (Wildman–Crippen MR) is 105 cm³/mol. The minimum Gasteiger partial charge on any atom is -0.373 e. The summed E-state index contributed by atoms with van der Waals surface area (Å²) in [6.45, 7) is 16.6. The van der Waals surface area contributed by atoms with Crippen LogP contribution >= 0.6 is 11.5 Å². The van der Waals surface area contributed by atoms with E-state index in [4.69, 9.17) is 9.72 Å². The van der Waals surface area contributed by atoms with Crippen molar-refractivity contribution in [1.29, 1.82) is 0 Å². The Morgan fingerprint density at radius 1 is 1.12 bits per heavy atom. The largest absolute Gasteiger partial charge is 0.373 e. The minimum atomic E-state index is 0.0412. The van der Waals surface area contributed by atoms with Gasteiger partial charge in [0.2, 0.25) is 5.13 Å². The number of nitrogens with zero attached hydrogens (tertiary/aromatic N) is 4. The van der Waals surface area contributed by atoms with Crippen LogP contribution in [0.15, 0.2) is 0 Å². The molecule has 0 radical (unpaired) electrons. The monoisotopic (exact) mass is 366 g/mol. The average Bonchev–Trinajstić information content (AvgIpc) is 3.03. The molecule has 0 aromatic carbocycles. The van der Waals surface area contributed by atoms with Crippen molar-refractivity contribution in [3.8, 4) is 0 Å². The molecular weight excluding hydrogens is 332 g/mol. The van der Waals surface area contributed by atoms with E-state index in [1.807, 2.05) is 0 Å². The Labute approximate surface area is 156 Å². The van der Waals surface area contributed by atoms with Crippen molar-refractivity contribution in [3.05, 3.63) is 5.82 Å². The predicted octanol–water partition coefficient (Wildman–Crippen LogP) is 3.55. The summed E-state index contributed by atoms with van der Waals surface area (Å²) in [4.78, 5) is 9.80. The SMILES string of the molecule is CC1CN(CCC2CCN(c3nc(C(C)(C)C)ns3)CC2)CC(C)O1. The third kappa shape index (κ3) is 5.14. The Morgan fingerprint density at radius 3 is 2.32 bits per heavy atom. The van der Waals surface area contributed by atoms with E-state index < -0.39 is 0 Å². The number of morpholine rings is 1. The van der Waals surface area contributed by atoms with Gasteiger partial charge in [-0.1, -0.05) is 20.8 Å². The zero-order valence-electron chi connectivity index (χ0n) is 16.5. The second-order valence-electron chi connectivity index (χ2n) is 8.89. The van der Waals surface area contributed by atoms with Crippen molar-refractivity contribution in [3.63, 3.8) is 0 Å². The molecule has 0 amide bonds. The van der Waals surface area contributed by atoms with Crippen molar-refractivity contribution in [2.45, 2.75) is 71.5 Å². The van der Waals surface area contributed by atoms with Crippen molar-refractivity contribution in [2.75, 3.05) is 37.6 Å². The highest BCUT2D eigenvalue weighted by atomic mass is 32.1. The van der Waals surface area contributed by atoms with Crippen LogP contribution in [0.4, 0.5) is 5.13 Å². The lowest BCUT2D eigenvalue weighted by Crippen LogP contribution is -2.46. The normalized spacial score (nSPS) is 27.0. The summed E-state index contributed by atoms with van der Waals surface area (Å²) in [5.41, 5.74) is 0.0412. The molecule has 1 aromatic rings. The minimum absolute atomic E-state index is 0.0412. The first-order chi connectivity index (χ1) is 11.8. The smallest absolute Gasteiger partial charge is 0.205 e. The molecule has 3 rings (SSSR count). The van der Waals surface area contributed by atoms with Crippen molar-refractivity contribution in [2.24, 2.45) is 5.92 Å². The number of ether oxygens (including phenoxy) is 1. The van der Waals surface area contributed by atoms with Crippen molar-refractivity contribution < 1.29 is 4.74 Å². The lowest BCUT2D eigenvalue weighted by atomic mass is 9.93.